The lowest BCUT2D eigenvalue weighted by Gasteiger charge is -2.09. The number of hydrogen-bond donors (Lipinski definition) is 2. The number of aromatic hydroxyl groups is 1. The molecule has 3 rings (SSSR count). The summed E-state index contributed by atoms with van der Waals surface area (Å²) in [6, 6.07) is 10.2. The largest absolute Gasteiger partial charge is 0.507 e. The van der Waals surface area contributed by atoms with Crippen molar-refractivity contribution in [2.45, 2.75) is 20.8 Å². The minimum absolute atomic E-state index is 0.0379. The topological polar surface area (TPSA) is 106 Å². The predicted molar refractivity (Wildman–Crippen MR) is 106 cm³/mol. The number of phenolic OH excluding ortho intramolecular Hbond substituents is 1. The lowest BCUT2D eigenvalue weighted by atomic mass is 10.0. The van der Waals surface area contributed by atoms with Gasteiger partial charge in [-0.3, -0.25) is 4.79 Å². The third-order valence-corrected chi connectivity index (χ3v) is 4.55. The average Bonchev–Trinajstić information content (AvgIpc) is 2.99. The first-order valence-electron chi connectivity index (χ1n) is 9.11. The summed E-state index contributed by atoms with van der Waals surface area (Å²) in [6.45, 7) is 4.59. The number of nitrogens with one attached hydrogen (secondary N) is 1. The monoisotopic (exact) mass is 395 g/mol. The highest BCUT2D eigenvalue weighted by Gasteiger charge is 2.26. The van der Waals surface area contributed by atoms with E-state index < -0.39 is 24.3 Å². The molecule has 0 atom stereocenters. The van der Waals surface area contributed by atoms with Crippen LogP contribution < -0.4 is 0 Å². The van der Waals surface area contributed by atoms with E-state index in [0.29, 0.717) is 11.4 Å². The number of carbonyl (C=O) groups is 3. The standard InChI is InChI=1S/C22H21NO6/c1-4-28-22(27)20-13(3)23-12(2)19(20)18(25)11-29-21(26)16-9-14-7-5-6-8-15(14)10-17(16)24/h5-10,23-24H,4,11H2,1-3H3. The molecule has 0 amide bonds. The molecule has 150 valence electrons. The number of fused-ring (bicyclic) bond motifs is 1. The number of hydrogen-bond acceptors (Lipinski definition) is 6. The van der Waals surface area contributed by atoms with Gasteiger partial charge < -0.3 is 19.6 Å². The first kappa shape index (κ1) is 20.1. The zero-order valence-electron chi connectivity index (χ0n) is 16.4. The molecule has 0 radical (unpaired) electrons. The molecule has 29 heavy (non-hydrogen) atoms. The van der Waals surface area contributed by atoms with E-state index >= 15 is 0 Å². The van der Waals surface area contributed by atoms with E-state index in [9.17, 15) is 19.5 Å². The smallest absolute Gasteiger partial charge is 0.342 e. The van der Waals surface area contributed by atoms with Crippen molar-refractivity contribution >= 4 is 28.5 Å². The third kappa shape index (κ3) is 3.99. The van der Waals surface area contributed by atoms with E-state index in [1.54, 1.807) is 26.8 Å². The summed E-state index contributed by atoms with van der Waals surface area (Å²) >= 11 is 0. The van der Waals surface area contributed by atoms with Gasteiger partial charge in [0.15, 0.2) is 6.61 Å². The first-order valence-corrected chi connectivity index (χ1v) is 9.11. The van der Waals surface area contributed by atoms with Crippen LogP contribution in [0.4, 0.5) is 0 Å². The second-order valence-corrected chi connectivity index (χ2v) is 6.56. The number of ether oxygens (including phenoxy) is 2. The highest BCUT2D eigenvalue weighted by Crippen LogP contribution is 2.26. The minimum Gasteiger partial charge on any atom is -0.507 e. The van der Waals surface area contributed by atoms with Gasteiger partial charge >= 0.3 is 11.9 Å². The molecule has 0 aliphatic rings. The van der Waals surface area contributed by atoms with Crippen molar-refractivity contribution in [3.8, 4) is 5.75 Å². The van der Waals surface area contributed by atoms with Crippen LogP contribution in [0.15, 0.2) is 36.4 Å². The van der Waals surface area contributed by atoms with E-state index in [1.807, 2.05) is 18.2 Å². The second kappa shape index (κ2) is 8.18. The van der Waals surface area contributed by atoms with Gasteiger partial charge in [0, 0.05) is 11.4 Å². The summed E-state index contributed by atoms with van der Waals surface area (Å²) in [7, 11) is 0. The normalized spacial score (nSPS) is 10.7. The maximum absolute atomic E-state index is 12.7. The lowest BCUT2D eigenvalue weighted by Crippen LogP contribution is -2.18. The van der Waals surface area contributed by atoms with Gasteiger partial charge in [-0.15, -0.1) is 0 Å². The summed E-state index contributed by atoms with van der Waals surface area (Å²) in [5.74, 6) is -2.22. The highest BCUT2D eigenvalue weighted by atomic mass is 16.5. The van der Waals surface area contributed by atoms with E-state index in [1.165, 1.54) is 12.1 Å². The van der Waals surface area contributed by atoms with Crippen LogP contribution in [0.5, 0.6) is 5.75 Å². The summed E-state index contributed by atoms with van der Waals surface area (Å²) in [6.07, 6.45) is 0. The molecular formula is C22H21NO6. The Balaban J connectivity index is 1.80. The minimum atomic E-state index is -0.829. The van der Waals surface area contributed by atoms with E-state index in [-0.39, 0.29) is 29.0 Å². The summed E-state index contributed by atoms with van der Waals surface area (Å²) in [4.78, 5) is 40.2. The van der Waals surface area contributed by atoms with Crippen LogP contribution in [0.3, 0.4) is 0 Å². The molecule has 0 aliphatic carbocycles. The van der Waals surface area contributed by atoms with Crippen molar-refractivity contribution in [2.75, 3.05) is 13.2 Å². The van der Waals surface area contributed by atoms with Crippen LogP contribution in [0.1, 0.15) is 49.4 Å². The Morgan fingerprint density at radius 1 is 0.931 bits per heavy atom. The van der Waals surface area contributed by atoms with E-state index in [4.69, 9.17) is 9.47 Å². The fourth-order valence-corrected chi connectivity index (χ4v) is 3.26. The number of carbonyl (C=O) groups excluding carboxylic acids is 3. The maximum atomic E-state index is 12.7. The average molecular weight is 395 g/mol. The number of H-pyrrole nitrogens is 1. The molecule has 0 fully saturated rings. The summed E-state index contributed by atoms with van der Waals surface area (Å²) in [5.41, 5.74) is 1.22. The molecule has 0 aliphatic heterocycles. The number of esters is 2. The summed E-state index contributed by atoms with van der Waals surface area (Å²) in [5, 5.41) is 11.7. The molecule has 0 spiro atoms. The zero-order chi connectivity index (χ0) is 21.1. The number of aromatic amines is 1. The van der Waals surface area contributed by atoms with Crippen molar-refractivity contribution in [1.29, 1.82) is 0 Å². The zero-order valence-corrected chi connectivity index (χ0v) is 16.4. The molecule has 3 aromatic rings. The van der Waals surface area contributed by atoms with Crippen molar-refractivity contribution < 1.29 is 29.0 Å². The van der Waals surface area contributed by atoms with Gasteiger partial charge in [0.1, 0.15) is 11.3 Å². The van der Waals surface area contributed by atoms with Crippen molar-refractivity contribution in [2.24, 2.45) is 0 Å². The maximum Gasteiger partial charge on any atom is 0.342 e. The van der Waals surface area contributed by atoms with Crippen LogP contribution in [-0.4, -0.2) is 41.0 Å². The van der Waals surface area contributed by atoms with E-state index in [0.717, 1.165) is 10.8 Å². The van der Waals surface area contributed by atoms with Crippen LogP contribution in [0, 0.1) is 13.8 Å². The number of ketones is 1. The number of aryl methyl sites for hydroxylation is 2. The SMILES string of the molecule is CCOC(=O)c1c(C)[nH]c(C)c1C(=O)COC(=O)c1cc2ccccc2cc1O. The Hall–Kier alpha value is -3.61. The lowest BCUT2D eigenvalue weighted by molar-refractivity contribution is 0.0469. The second-order valence-electron chi connectivity index (χ2n) is 6.56. The summed E-state index contributed by atoms with van der Waals surface area (Å²) < 4.78 is 10.1. The van der Waals surface area contributed by atoms with Crippen LogP contribution in [-0.2, 0) is 9.47 Å². The molecule has 2 aromatic carbocycles. The number of phenols is 1. The Labute approximate surface area is 167 Å². The molecule has 0 bridgehead atoms. The quantitative estimate of drug-likeness (QED) is 0.487. The van der Waals surface area contributed by atoms with Crippen LogP contribution in [0.2, 0.25) is 0 Å². The van der Waals surface area contributed by atoms with Gasteiger partial charge in [-0.25, -0.2) is 9.59 Å². The molecule has 1 aromatic heterocycles. The number of aromatic nitrogens is 1. The highest BCUT2D eigenvalue weighted by molar-refractivity contribution is 6.09. The van der Waals surface area contributed by atoms with Gasteiger partial charge in [-0.1, -0.05) is 24.3 Å². The Morgan fingerprint density at radius 3 is 2.21 bits per heavy atom. The Kier molecular flexibility index (Phi) is 5.68. The van der Waals surface area contributed by atoms with Crippen LogP contribution >= 0.6 is 0 Å². The van der Waals surface area contributed by atoms with Crippen molar-refractivity contribution in [1.82, 2.24) is 4.98 Å². The van der Waals surface area contributed by atoms with Crippen molar-refractivity contribution in [3.05, 3.63) is 64.5 Å². The number of benzene rings is 2. The molecular weight excluding hydrogens is 374 g/mol. The van der Waals surface area contributed by atoms with E-state index in [2.05, 4.69) is 4.98 Å². The number of Topliss-reactive ketones (excluding diaryl/α,β-unsaturated/α-hetero) is 1. The van der Waals surface area contributed by atoms with Gasteiger partial charge in [0.2, 0.25) is 5.78 Å². The van der Waals surface area contributed by atoms with Crippen LogP contribution in [0.25, 0.3) is 10.8 Å². The fourth-order valence-electron chi connectivity index (χ4n) is 3.26. The van der Waals surface area contributed by atoms with Gasteiger partial charge in [-0.05, 0) is 43.7 Å². The number of rotatable bonds is 6. The van der Waals surface area contributed by atoms with Gasteiger partial charge in [0.05, 0.1) is 17.7 Å². The Bertz CT molecular complexity index is 1110. The molecule has 0 unspecified atom stereocenters. The molecule has 0 saturated carbocycles. The molecule has 2 N–H and O–H groups in total. The molecule has 0 saturated heterocycles. The van der Waals surface area contributed by atoms with Gasteiger partial charge in [0.25, 0.3) is 0 Å². The first-order chi connectivity index (χ1) is 13.8. The van der Waals surface area contributed by atoms with Gasteiger partial charge in [-0.2, -0.15) is 0 Å². The predicted octanol–water partition coefficient (Wildman–Crippen LogP) is 3.71. The fraction of sp³-hybridized carbons (Fsp3) is 0.227. The Morgan fingerprint density at radius 2 is 1.55 bits per heavy atom. The molecule has 7 heteroatoms. The third-order valence-electron chi connectivity index (χ3n) is 4.55. The molecule has 1 heterocycles. The van der Waals surface area contributed by atoms with Crippen molar-refractivity contribution in [3.63, 3.8) is 0 Å². The molecule has 7 nitrogen and oxygen atoms in total.